The second-order valence-corrected chi connectivity index (χ2v) is 3.20. The summed E-state index contributed by atoms with van der Waals surface area (Å²) in [5.41, 5.74) is 5.40. The van der Waals surface area contributed by atoms with Crippen molar-refractivity contribution in [3.8, 4) is 0 Å². The number of likely N-dealkylation sites (tertiary alicyclic amines) is 1. The lowest BCUT2D eigenvalue weighted by Crippen LogP contribution is -2.49. The first-order valence-corrected chi connectivity index (χ1v) is 3.83. The summed E-state index contributed by atoms with van der Waals surface area (Å²) in [4.78, 5) is 1.64. The van der Waals surface area contributed by atoms with Crippen molar-refractivity contribution in [1.82, 2.24) is 4.90 Å². The van der Waals surface area contributed by atoms with Crippen LogP contribution in [0.15, 0.2) is 0 Å². The summed E-state index contributed by atoms with van der Waals surface area (Å²) in [7, 11) is 1.70. The molecule has 0 aromatic carbocycles. The van der Waals surface area contributed by atoms with Crippen LogP contribution in [-0.4, -0.2) is 37.0 Å². The Morgan fingerprint density at radius 3 is 2.38 bits per heavy atom. The molecule has 6 heteroatoms. The van der Waals surface area contributed by atoms with Gasteiger partial charge in [-0.15, -0.1) is 24.8 Å². The van der Waals surface area contributed by atoms with Gasteiger partial charge in [0.25, 0.3) is 5.92 Å². The number of nitrogens with zero attached hydrogens (tertiary/aromatic N) is 1. The largest absolute Gasteiger partial charge is 0.329 e. The average molecular weight is 237 g/mol. The van der Waals surface area contributed by atoms with Crippen LogP contribution < -0.4 is 5.73 Å². The molecule has 1 aliphatic heterocycles. The molecule has 0 amide bonds. The van der Waals surface area contributed by atoms with E-state index in [9.17, 15) is 8.78 Å². The van der Waals surface area contributed by atoms with Crippen LogP contribution in [0.4, 0.5) is 8.78 Å². The smallest absolute Gasteiger partial charge is 0.260 e. The third kappa shape index (κ3) is 4.40. The summed E-state index contributed by atoms with van der Waals surface area (Å²) in [6, 6.07) is 0.148. The van der Waals surface area contributed by atoms with Crippen LogP contribution in [0.3, 0.4) is 0 Å². The second kappa shape index (κ2) is 5.96. The standard InChI is InChI=1S/C7H14F2N2.2ClH/c1-11-5-7(8,9)3-2-6(11)4-10;;/h6H,2-5,10H2,1H3;2*1H/t6-;;/m0../s1. The first-order valence-electron chi connectivity index (χ1n) is 3.83. The van der Waals surface area contributed by atoms with Crippen molar-refractivity contribution in [2.75, 3.05) is 20.1 Å². The molecule has 0 aromatic rings. The summed E-state index contributed by atoms with van der Waals surface area (Å²) >= 11 is 0. The lowest BCUT2D eigenvalue weighted by molar-refractivity contribution is -0.0731. The molecule has 2 nitrogen and oxygen atoms in total. The molecule has 0 bridgehead atoms. The minimum absolute atomic E-state index is 0. The van der Waals surface area contributed by atoms with Gasteiger partial charge in [0.2, 0.25) is 0 Å². The van der Waals surface area contributed by atoms with Crippen molar-refractivity contribution in [1.29, 1.82) is 0 Å². The lowest BCUT2D eigenvalue weighted by Gasteiger charge is -2.36. The van der Waals surface area contributed by atoms with E-state index in [0.29, 0.717) is 13.0 Å². The topological polar surface area (TPSA) is 29.3 Å². The normalized spacial score (nSPS) is 27.2. The highest BCUT2D eigenvalue weighted by molar-refractivity contribution is 5.85. The molecule has 82 valence electrons. The third-order valence-electron chi connectivity index (χ3n) is 2.22. The Bertz CT molecular complexity index is 146. The van der Waals surface area contributed by atoms with Gasteiger partial charge in [-0.25, -0.2) is 8.78 Å². The maximum Gasteiger partial charge on any atom is 0.260 e. The van der Waals surface area contributed by atoms with Gasteiger partial charge in [-0.2, -0.15) is 0 Å². The van der Waals surface area contributed by atoms with E-state index in [2.05, 4.69) is 0 Å². The molecule has 1 atom stereocenters. The predicted molar refractivity (Wildman–Crippen MR) is 54.1 cm³/mol. The fourth-order valence-corrected chi connectivity index (χ4v) is 1.47. The summed E-state index contributed by atoms with van der Waals surface area (Å²) < 4.78 is 25.4. The molecular weight excluding hydrogens is 221 g/mol. The van der Waals surface area contributed by atoms with E-state index < -0.39 is 5.92 Å². The number of nitrogens with two attached hydrogens (primary N) is 1. The highest BCUT2D eigenvalue weighted by Gasteiger charge is 2.37. The number of alkyl halides is 2. The first kappa shape index (κ1) is 15.8. The molecule has 0 unspecified atom stereocenters. The number of piperidine rings is 1. The van der Waals surface area contributed by atoms with Crippen molar-refractivity contribution < 1.29 is 8.78 Å². The quantitative estimate of drug-likeness (QED) is 0.749. The molecule has 0 spiro atoms. The van der Waals surface area contributed by atoms with E-state index in [1.54, 1.807) is 11.9 Å². The molecule has 1 saturated heterocycles. The maximum absolute atomic E-state index is 12.7. The van der Waals surface area contributed by atoms with Crippen LogP contribution in [0.2, 0.25) is 0 Å². The zero-order valence-corrected chi connectivity index (χ0v) is 9.14. The van der Waals surface area contributed by atoms with E-state index in [1.807, 2.05) is 0 Å². The first-order chi connectivity index (χ1) is 5.05. The van der Waals surface area contributed by atoms with Crippen LogP contribution in [0, 0.1) is 0 Å². The van der Waals surface area contributed by atoms with Crippen molar-refractivity contribution in [2.24, 2.45) is 5.73 Å². The number of halogens is 4. The Labute approximate surface area is 89.7 Å². The molecule has 13 heavy (non-hydrogen) atoms. The van der Waals surface area contributed by atoms with Gasteiger partial charge in [0.15, 0.2) is 0 Å². The van der Waals surface area contributed by atoms with E-state index in [1.165, 1.54) is 0 Å². The summed E-state index contributed by atoms with van der Waals surface area (Å²) in [5.74, 6) is -2.50. The Balaban J connectivity index is 0. The van der Waals surface area contributed by atoms with Crippen LogP contribution in [0.5, 0.6) is 0 Å². The molecule has 1 fully saturated rings. The SMILES string of the molecule is CN1CC(F)(F)CC[C@H]1CN.Cl.Cl. The van der Waals surface area contributed by atoms with Gasteiger partial charge in [-0.05, 0) is 13.5 Å². The fourth-order valence-electron chi connectivity index (χ4n) is 1.47. The van der Waals surface area contributed by atoms with Crippen molar-refractivity contribution >= 4 is 24.8 Å². The molecule has 1 rings (SSSR count). The van der Waals surface area contributed by atoms with Gasteiger partial charge in [-0.1, -0.05) is 0 Å². The monoisotopic (exact) mass is 236 g/mol. The molecule has 0 saturated carbocycles. The zero-order chi connectivity index (χ0) is 8.48. The Kier molecular flexibility index (Phi) is 7.25. The second-order valence-electron chi connectivity index (χ2n) is 3.20. The molecular formula is C7H16Cl2F2N2. The van der Waals surface area contributed by atoms with Crippen molar-refractivity contribution in [2.45, 2.75) is 24.8 Å². The third-order valence-corrected chi connectivity index (χ3v) is 2.22. The number of hydrogen-bond donors (Lipinski definition) is 1. The molecule has 0 radical (unpaired) electrons. The molecule has 1 heterocycles. The van der Waals surface area contributed by atoms with Gasteiger partial charge < -0.3 is 5.73 Å². The summed E-state index contributed by atoms with van der Waals surface area (Å²) in [6.07, 6.45) is 0.499. The van der Waals surface area contributed by atoms with Crippen LogP contribution >= 0.6 is 24.8 Å². The highest BCUT2D eigenvalue weighted by atomic mass is 35.5. The fraction of sp³-hybridized carbons (Fsp3) is 1.00. The van der Waals surface area contributed by atoms with Gasteiger partial charge in [0.05, 0.1) is 6.54 Å². The van der Waals surface area contributed by atoms with Crippen LogP contribution in [0.1, 0.15) is 12.8 Å². The summed E-state index contributed by atoms with van der Waals surface area (Å²) in [5, 5.41) is 0. The molecule has 0 aromatic heterocycles. The van der Waals surface area contributed by atoms with Crippen LogP contribution in [-0.2, 0) is 0 Å². The highest BCUT2D eigenvalue weighted by Crippen LogP contribution is 2.28. The van der Waals surface area contributed by atoms with E-state index >= 15 is 0 Å². The molecule has 1 aliphatic rings. The van der Waals surface area contributed by atoms with Gasteiger partial charge in [0.1, 0.15) is 0 Å². The van der Waals surface area contributed by atoms with Crippen molar-refractivity contribution in [3.63, 3.8) is 0 Å². The minimum atomic E-state index is -2.50. The van der Waals surface area contributed by atoms with Crippen molar-refractivity contribution in [3.05, 3.63) is 0 Å². The predicted octanol–water partition coefficient (Wildman–Crippen LogP) is 1.52. The van der Waals surface area contributed by atoms with Gasteiger partial charge in [-0.3, -0.25) is 4.90 Å². The number of likely N-dealkylation sites (N-methyl/N-ethyl adjacent to an activating group) is 1. The molecule has 0 aliphatic carbocycles. The van der Waals surface area contributed by atoms with Gasteiger partial charge in [0, 0.05) is 19.0 Å². The van der Waals surface area contributed by atoms with Gasteiger partial charge >= 0.3 is 0 Å². The number of hydrogen-bond acceptors (Lipinski definition) is 2. The summed E-state index contributed by atoms with van der Waals surface area (Å²) in [6.45, 7) is 0.335. The minimum Gasteiger partial charge on any atom is -0.329 e. The van der Waals surface area contributed by atoms with Crippen LogP contribution in [0.25, 0.3) is 0 Å². The Hall–Kier alpha value is 0.360. The van der Waals surface area contributed by atoms with E-state index in [0.717, 1.165) is 0 Å². The number of rotatable bonds is 1. The molecule has 2 N–H and O–H groups in total. The van der Waals surface area contributed by atoms with E-state index in [4.69, 9.17) is 5.73 Å². The van der Waals surface area contributed by atoms with E-state index in [-0.39, 0.29) is 43.8 Å². The Morgan fingerprint density at radius 2 is 2.00 bits per heavy atom. The Morgan fingerprint density at radius 1 is 1.46 bits per heavy atom. The lowest BCUT2D eigenvalue weighted by atomic mass is 10.0. The average Bonchev–Trinajstić information content (AvgIpc) is 1.86. The maximum atomic E-state index is 12.7. The zero-order valence-electron chi connectivity index (χ0n) is 7.50.